The van der Waals surface area contributed by atoms with Crippen LogP contribution in [0.3, 0.4) is 0 Å². The van der Waals surface area contributed by atoms with E-state index in [0.717, 1.165) is 0 Å². The molecule has 0 atom stereocenters. The fraction of sp³-hybridized carbons (Fsp3) is 0.400. The predicted octanol–water partition coefficient (Wildman–Crippen LogP) is 0.700. The van der Waals surface area contributed by atoms with Crippen LogP contribution >= 0.6 is 0 Å². The predicted molar refractivity (Wildman–Crippen MR) is 110 cm³/mol. The summed E-state index contributed by atoms with van der Waals surface area (Å²) < 4.78 is 10.4. The molecule has 1 aliphatic heterocycles. The van der Waals surface area contributed by atoms with Crippen molar-refractivity contribution in [2.45, 2.75) is 12.8 Å². The number of H-pyrrole nitrogens is 1. The molecule has 29 heavy (non-hydrogen) atoms. The number of benzene rings is 1. The van der Waals surface area contributed by atoms with Gasteiger partial charge in [0.25, 0.3) is 5.91 Å². The maximum Gasteiger partial charge on any atom is 0.255 e. The number of aliphatic hydroxyl groups excluding tert-OH is 1. The van der Waals surface area contributed by atoms with E-state index in [4.69, 9.17) is 20.3 Å². The highest BCUT2D eigenvalue weighted by Gasteiger charge is 2.16. The lowest BCUT2D eigenvalue weighted by Crippen LogP contribution is -2.16. The molecule has 0 radical (unpaired) electrons. The third kappa shape index (κ3) is 6.71. The highest BCUT2D eigenvalue weighted by molar-refractivity contribution is 5.99. The van der Waals surface area contributed by atoms with Crippen LogP contribution in [0, 0.1) is 11.8 Å². The maximum absolute atomic E-state index is 11.6. The van der Waals surface area contributed by atoms with E-state index in [-0.39, 0.29) is 30.2 Å². The van der Waals surface area contributed by atoms with E-state index < -0.39 is 5.91 Å². The van der Waals surface area contributed by atoms with Crippen molar-refractivity contribution in [2.75, 3.05) is 45.8 Å². The van der Waals surface area contributed by atoms with Gasteiger partial charge < -0.3 is 30.9 Å². The Balaban J connectivity index is 0.000000521. The van der Waals surface area contributed by atoms with E-state index in [2.05, 4.69) is 32.7 Å². The standard InChI is InChI=1S/C16H18N4O4.C4H9N/c1-23-11-7-10(8-12(9-11)24-2)3-4-13-14(15(17)22)16(20-19-13)18-5-6-21;1-2-4-5-3-1/h7-9,21H,5-6H2,1-2H3,(H2,17,22)(H2,18,19,20);5H,1-4H2. The summed E-state index contributed by atoms with van der Waals surface area (Å²) in [6.07, 6.45) is 2.78. The van der Waals surface area contributed by atoms with Gasteiger partial charge in [0.15, 0.2) is 5.82 Å². The number of aliphatic hydroxyl groups is 1. The monoisotopic (exact) mass is 401 g/mol. The van der Waals surface area contributed by atoms with Crippen molar-refractivity contribution >= 4 is 11.7 Å². The van der Waals surface area contributed by atoms with Gasteiger partial charge in [-0.25, -0.2) is 0 Å². The molecule has 0 spiro atoms. The number of nitrogens with two attached hydrogens (primary N) is 1. The summed E-state index contributed by atoms with van der Waals surface area (Å²) in [4.78, 5) is 11.6. The fourth-order valence-electron chi connectivity index (χ4n) is 2.61. The molecular weight excluding hydrogens is 374 g/mol. The molecule has 0 unspecified atom stereocenters. The molecule has 9 heteroatoms. The number of ether oxygens (including phenoxy) is 2. The molecule has 0 bridgehead atoms. The van der Waals surface area contributed by atoms with Crippen molar-refractivity contribution in [1.82, 2.24) is 15.5 Å². The zero-order valence-corrected chi connectivity index (χ0v) is 16.7. The molecule has 1 saturated heterocycles. The van der Waals surface area contributed by atoms with E-state index in [1.807, 2.05) is 0 Å². The van der Waals surface area contributed by atoms with Crippen LogP contribution in [0.5, 0.6) is 11.5 Å². The molecule has 0 saturated carbocycles. The topological polar surface area (TPSA) is 135 Å². The quantitative estimate of drug-likeness (QED) is 0.450. The van der Waals surface area contributed by atoms with Crippen molar-refractivity contribution in [3.05, 3.63) is 35.0 Å². The Labute approximate surface area is 170 Å². The lowest BCUT2D eigenvalue weighted by atomic mass is 10.1. The highest BCUT2D eigenvalue weighted by Crippen LogP contribution is 2.22. The summed E-state index contributed by atoms with van der Waals surface area (Å²) in [5.41, 5.74) is 6.45. The van der Waals surface area contributed by atoms with Gasteiger partial charge in [-0.05, 0) is 44.0 Å². The molecule has 2 heterocycles. The maximum atomic E-state index is 11.6. The number of primary amides is 1. The van der Waals surface area contributed by atoms with E-state index in [0.29, 0.717) is 17.1 Å². The molecule has 1 aromatic carbocycles. The van der Waals surface area contributed by atoms with Gasteiger partial charge in [-0.15, -0.1) is 0 Å². The molecule has 1 aromatic heterocycles. The Morgan fingerprint density at radius 3 is 2.34 bits per heavy atom. The Morgan fingerprint density at radius 1 is 1.21 bits per heavy atom. The van der Waals surface area contributed by atoms with E-state index in [9.17, 15) is 4.79 Å². The number of amides is 1. The van der Waals surface area contributed by atoms with Crippen molar-refractivity contribution in [3.8, 4) is 23.3 Å². The third-order valence-corrected chi connectivity index (χ3v) is 4.06. The van der Waals surface area contributed by atoms with Gasteiger partial charge in [-0.2, -0.15) is 5.10 Å². The highest BCUT2D eigenvalue weighted by atomic mass is 16.5. The number of nitrogens with zero attached hydrogens (tertiary/aromatic N) is 1. The second-order valence-corrected chi connectivity index (χ2v) is 6.15. The number of methoxy groups -OCH3 is 2. The summed E-state index contributed by atoms with van der Waals surface area (Å²) in [6, 6.07) is 5.20. The summed E-state index contributed by atoms with van der Waals surface area (Å²) in [6.45, 7) is 2.64. The minimum absolute atomic E-state index is 0.102. The largest absolute Gasteiger partial charge is 0.497 e. The zero-order chi connectivity index (χ0) is 21.1. The van der Waals surface area contributed by atoms with Gasteiger partial charge in [0.1, 0.15) is 22.8 Å². The lowest BCUT2D eigenvalue weighted by Gasteiger charge is -2.04. The first kappa shape index (κ1) is 22.1. The summed E-state index contributed by atoms with van der Waals surface area (Å²) in [7, 11) is 3.09. The normalized spacial score (nSPS) is 12.2. The number of hydrogen-bond donors (Lipinski definition) is 5. The van der Waals surface area contributed by atoms with Crippen LogP contribution in [0.1, 0.15) is 34.5 Å². The second-order valence-electron chi connectivity index (χ2n) is 6.15. The lowest BCUT2D eigenvalue weighted by molar-refractivity contribution is 0.100. The van der Waals surface area contributed by atoms with E-state index in [1.165, 1.54) is 25.9 Å². The minimum Gasteiger partial charge on any atom is -0.497 e. The summed E-state index contributed by atoms with van der Waals surface area (Å²) >= 11 is 0. The average Bonchev–Trinajstić information content (AvgIpc) is 3.43. The minimum atomic E-state index is -0.670. The fourth-order valence-corrected chi connectivity index (χ4v) is 2.61. The van der Waals surface area contributed by atoms with Crippen molar-refractivity contribution in [1.29, 1.82) is 0 Å². The number of carbonyl (C=O) groups excluding carboxylic acids is 1. The van der Waals surface area contributed by atoms with Crippen molar-refractivity contribution < 1.29 is 19.4 Å². The number of carbonyl (C=O) groups is 1. The SMILES string of the molecule is C1CCNC1.COc1cc(C#Cc2[nH]nc(NCCO)c2C(N)=O)cc(OC)c1. The number of hydrogen-bond acceptors (Lipinski definition) is 7. The van der Waals surface area contributed by atoms with Crippen LogP contribution in [0.15, 0.2) is 18.2 Å². The van der Waals surface area contributed by atoms with E-state index >= 15 is 0 Å². The number of rotatable bonds is 6. The molecular formula is C20H27N5O4. The first-order valence-corrected chi connectivity index (χ1v) is 9.27. The Morgan fingerprint density at radius 2 is 1.86 bits per heavy atom. The first-order chi connectivity index (χ1) is 14.1. The van der Waals surface area contributed by atoms with Crippen LogP contribution in [0.25, 0.3) is 0 Å². The molecule has 1 fully saturated rings. The zero-order valence-electron chi connectivity index (χ0n) is 16.7. The van der Waals surface area contributed by atoms with Crippen molar-refractivity contribution in [3.63, 3.8) is 0 Å². The van der Waals surface area contributed by atoms with Gasteiger partial charge in [0.05, 0.1) is 20.8 Å². The summed E-state index contributed by atoms with van der Waals surface area (Å²) in [5.74, 6) is 6.52. The van der Waals surface area contributed by atoms with Crippen LogP contribution in [0.2, 0.25) is 0 Å². The number of anilines is 1. The Kier molecular flexibility index (Phi) is 8.82. The smallest absolute Gasteiger partial charge is 0.255 e. The van der Waals surface area contributed by atoms with Crippen LogP contribution < -0.4 is 25.8 Å². The number of aromatic nitrogens is 2. The molecule has 3 rings (SSSR count). The molecule has 1 aliphatic rings. The number of nitrogens with one attached hydrogen (secondary N) is 3. The average molecular weight is 401 g/mol. The molecule has 6 N–H and O–H groups in total. The first-order valence-electron chi connectivity index (χ1n) is 9.27. The molecule has 2 aromatic rings. The molecule has 9 nitrogen and oxygen atoms in total. The van der Waals surface area contributed by atoms with Crippen molar-refractivity contribution in [2.24, 2.45) is 5.73 Å². The second kappa shape index (κ2) is 11.6. The van der Waals surface area contributed by atoms with Crippen LogP contribution in [-0.2, 0) is 0 Å². The Hall–Kier alpha value is -3.22. The van der Waals surface area contributed by atoms with Gasteiger partial charge in [0, 0.05) is 18.2 Å². The van der Waals surface area contributed by atoms with Gasteiger partial charge in [0.2, 0.25) is 0 Å². The van der Waals surface area contributed by atoms with Gasteiger partial charge in [-0.1, -0.05) is 5.92 Å². The summed E-state index contributed by atoms with van der Waals surface area (Å²) in [5, 5.41) is 21.5. The van der Waals surface area contributed by atoms with Gasteiger partial charge in [-0.3, -0.25) is 9.89 Å². The number of aromatic amines is 1. The molecule has 0 aliphatic carbocycles. The van der Waals surface area contributed by atoms with Crippen LogP contribution in [0.4, 0.5) is 5.82 Å². The Bertz CT molecular complexity index is 836. The van der Waals surface area contributed by atoms with Gasteiger partial charge >= 0.3 is 0 Å². The van der Waals surface area contributed by atoms with Crippen LogP contribution in [-0.4, -0.2) is 61.7 Å². The van der Waals surface area contributed by atoms with E-state index in [1.54, 1.807) is 32.4 Å². The third-order valence-electron chi connectivity index (χ3n) is 4.06. The molecule has 156 valence electrons. The molecule has 1 amide bonds.